The summed E-state index contributed by atoms with van der Waals surface area (Å²) in [5, 5.41) is 2.53. The molecule has 1 N–H and O–H groups in total. The summed E-state index contributed by atoms with van der Waals surface area (Å²) in [6.45, 7) is -0.150. The van der Waals surface area contributed by atoms with Crippen LogP contribution in [0.4, 0.5) is 28.9 Å². The summed E-state index contributed by atoms with van der Waals surface area (Å²) in [5.41, 5.74) is 0.890. The molecule has 0 aliphatic carbocycles. The van der Waals surface area contributed by atoms with Crippen LogP contribution in [0.25, 0.3) is 0 Å². The fourth-order valence-electron chi connectivity index (χ4n) is 2.91. The Kier molecular flexibility index (Phi) is 6.92. The van der Waals surface area contributed by atoms with Crippen LogP contribution in [0.3, 0.4) is 0 Å². The quantitative estimate of drug-likeness (QED) is 0.484. The maximum atomic E-state index is 14.1. The summed E-state index contributed by atoms with van der Waals surface area (Å²) in [5.74, 6) is -1.64. The molecule has 0 bridgehead atoms. The van der Waals surface area contributed by atoms with Crippen LogP contribution < -0.4 is 14.4 Å². The van der Waals surface area contributed by atoms with Crippen molar-refractivity contribution in [1.82, 2.24) is 0 Å². The summed E-state index contributed by atoms with van der Waals surface area (Å²) in [6, 6.07) is 16.1. The number of nitrogens with one attached hydrogen (secondary N) is 1. The molecule has 3 rings (SSSR count). The average Bonchev–Trinajstić information content (AvgIpc) is 2.73. The van der Waals surface area contributed by atoms with E-state index in [1.807, 2.05) is 0 Å². The van der Waals surface area contributed by atoms with E-state index in [4.69, 9.17) is 0 Å². The lowest BCUT2D eigenvalue weighted by Crippen LogP contribution is -2.30. The standard InChI is InChI=1S/C22H18F4N2O4S/c1-33(30,31)28(20-5-3-2-4-19(20)23)14-15-6-8-16(9-7-15)21(29)27-17-10-12-18(13-11-17)32-22(24,25)26/h2-13H,14H2,1H3,(H,27,29). The van der Waals surface area contributed by atoms with Gasteiger partial charge in [0, 0.05) is 11.3 Å². The predicted molar refractivity (Wildman–Crippen MR) is 115 cm³/mol. The number of sulfonamides is 1. The van der Waals surface area contributed by atoms with Crippen LogP contribution in [0, 0.1) is 5.82 Å². The fraction of sp³-hybridized carbons (Fsp3) is 0.136. The Bertz CT molecular complexity index is 1230. The van der Waals surface area contributed by atoms with Gasteiger partial charge in [0.1, 0.15) is 11.6 Å². The zero-order chi connectivity index (χ0) is 24.2. The van der Waals surface area contributed by atoms with E-state index in [9.17, 15) is 30.8 Å². The monoisotopic (exact) mass is 482 g/mol. The van der Waals surface area contributed by atoms with Gasteiger partial charge in [0.25, 0.3) is 5.91 Å². The molecule has 1 amide bonds. The highest BCUT2D eigenvalue weighted by Gasteiger charge is 2.31. The molecule has 174 valence electrons. The summed E-state index contributed by atoms with van der Waals surface area (Å²) < 4.78 is 79.9. The van der Waals surface area contributed by atoms with Gasteiger partial charge < -0.3 is 10.1 Å². The molecule has 33 heavy (non-hydrogen) atoms. The molecule has 6 nitrogen and oxygen atoms in total. The van der Waals surface area contributed by atoms with Gasteiger partial charge in [-0.05, 0) is 54.1 Å². The molecular formula is C22H18F4N2O4S. The molecule has 0 radical (unpaired) electrons. The minimum atomic E-state index is -4.81. The summed E-state index contributed by atoms with van der Waals surface area (Å²) in [7, 11) is -3.79. The molecule has 0 unspecified atom stereocenters. The first-order valence-corrected chi connectivity index (χ1v) is 11.3. The third-order valence-corrected chi connectivity index (χ3v) is 5.54. The van der Waals surface area contributed by atoms with Gasteiger partial charge in [-0.25, -0.2) is 12.8 Å². The number of nitrogens with zero attached hydrogens (tertiary/aromatic N) is 1. The molecule has 0 aliphatic rings. The van der Waals surface area contributed by atoms with E-state index in [-0.39, 0.29) is 23.5 Å². The van der Waals surface area contributed by atoms with Crippen molar-refractivity contribution in [3.63, 3.8) is 0 Å². The Morgan fingerprint density at radius 3 is 2.12 bits per heavy atom. The van der Waals surface area contributed by atoms with Crippen molar-refractivity contribution in [2.24, 2.45) is 0 Å². The number of carbonyl (C=O) groups is 1. The zero-order valence-electron chi connectivity index (χ0n) is 17.1. The van der Waals surface area contributed by atoms with Crippen molar-refractivity contribution in [3.05, 3.63) is 89.7 Å². The molecule has 0 fully saturated rings. The van der Waals surface area contributed by atoms with E-state index in [2.05, 4.69) is 10.1 Å². The number of para-hydroxylation sites is 1. The van der Waals surface area contributed by atoms with Crippen LogP contribution in [0.15, 0.2) is 72.8 Å². The molecule has 0 saturated carbocycles. The largest absolute Gasteiger partial charge is 0.573 e. The van der Waals surface area contributed by atoms with Gasteiger partial charge in [-0.3, -0.25) is 9.10 Å². The third kappa shape index (κ3) is 6.69. The highest BCUT2D eigenvalue weighted by molar-refractivity contribution is 7.92. The molecule has 3 aromatic rings. The van der Waals surface area contributed by atoms with Crippen molar-refractivity contribution >= 4 is 27.3 Å². The van der Waals surface area contributed by atoms with Crippen molar-refractivity contribution in [3.8, 4) is 5.75 Å². The number of hydrogen-bond donors (Lipinski definition) is 1. The van der Waals surface area contributed by atoms with Crippen LogP contribution in [-0.4, -0.2) is 26.9 Å². The number of hydrogen-bond acceptors (Lipinski definition) is 4. The van der Waals surface area contributed by atoms with Gasteiger partial charge in [-0.15, -0.1) is 13.2 Å². The smallest absolute Gasteiger partial charge is 0.406 e. The number of benzene rings is 3. The zero-order valence-corrected chi connectivity index (χ0v) is 18.0. The lowest BCUT2D eigenvalue weighted by atomic mass is 10.1. The number of rotatable bonds is 7. The maximum absolute atomic E-state index is 14.1. The van der Waals surface area contributed by atoms with Gasteiger partial charge in [0.05, 0.1) is 18.5 Å². The Hall–Kier alpha value is -3.60. The van der Waals surface area contributed by atoms with Gasteiger partial charge in [-0.1, -0.05) is 24.3 Å². The van der Waals surface area contributed by atoms with E-state index < -0.39 is 33.9 Å². The number of amides is 1. The molecule has 0 spiro atoms. The van der Waals surface area contributed by atoms with Crippen molar-refractivity contribution < 1.29 is 35.5 Å². The molecule has 0 heterocycles. The Morgan fingerprint density at radius 1 is 0.970 bits per heavy atom. The Balaban J connectivity index is 1.70. The number of carbonyl (C=O) groups excluding carboxylic acids is 1. The Morgan fingerprint density at radius 2 is 1.58 bits per heavy atom. The Labute approximate surface area is 187 Å². The minimum Gasteiger partial charge on any atom is -0.406 e. The molecular weight excluding hydrogens is 464 g/mol. The first-order chi connectivity index (χ1) is 15.4. The van der Waals surface area contributed by atoms with Gasteiger partial charge >= 0.3 is 6.36 Å². The molecule has 0 atom stereocenters. The SMILES string of the molecule is CS(=O)(=O)N(Cc1ccc(C(=O)Nc2ccc(OC(F)(F)F)cc2)cc1)c1ccccc1F. The topological polar surface area (TPSA) is 75.7 Å². The lowest BCUT2D eigenvalue weighted by Gasteiger charge is -2.23. The van der Waals surface area contributed by atoms with Crippen LogP contribution in [0.2, 0.25) is 0 Å². The number of halogens is 4. The van der Waals surface area contributed by atoms with Crippen LogP contribution in [0.1, 0.15) is 15.9 Å². The second kappa shape index (κ2) is 9.49. The second-order valence-corrected chi connectivity index (χ2v) is 8.85. The van der Waals surface area contributed by atoms with Gasteiger partial charge in [0.15, 0.2) is 0 Å². The van der Waals surface area contributed by atoms with E-state index in [0.29, 0.717) is 5.56 Å². The van der Waals surface area contributed by atoms with Crippen molar-refractivity contribution in [1.29, 1.82) is 0 Å². The second-order valence-electron chi connectivity index (χ2n) is 6.94. The van der Waals surface area contributed by atoms with Gasteiger partial charge in [-0.2, -0.15) is 0 Å². The summed E-state index contributed by atoms with van der Waals surface area (Å²) in [4.78, 5) is 12.4. The third-order valence-electron chi connectivity index (χ3n) is 4.41. The maximum Gasteiger partial charge on any atom is 0.573 e. The van der Waals surface area contributed by atoms with Crippen molar-refractivity contribution in [2.45, 2.75) is 12.9 Å². The van der Waals surface area contributed by atoms with E-state index in [0.717, 1.165) is 28.8 Å². The van der Waals surface area contributed by atoms with Crippen LogP contribution >= 0.6 is 0 Å². The summed E-state index contributed by atoms with van der Waals surface area (Å²) >= 11 is 0. The highest BCUT2D eigenvalue weighted by Crippen LogP contribution is 2.25. The lowest BCUT2D eigenvalue weighted by molar-refractivity contribution is -0.274. The van der Waals surface area contributed by atoms with E-state index >= 15 is 0 Å². The van der Waals surface area contributed by atoms with Crippen LogP contribution in [0.5, 0.6) is 5.75 Å². The molecule has 11 heteroatoms. The molecule has 0 aliphatic heterocycles. The van der Waals surface area contributed by atoms with Gasteiger partial charge in [0.2, 0.25) is 10.0 Å². The summed E-state index contributed by atoms with van der Waals surface area (Å²) in [6.07, 6.45) is -3.85. The normalized spacial score (nSPS) is 11.7. The number of ether oxygens (including phenoxy) is 1. The predicted octanol–water partition coefficient (Wildman–Crippen LogP) is 4.94. The van der Waals surface area contributed by atoms with E-state index in [1.54, 1.807) is 0 Å². The minimum absolute atomic E-state index is 0.0974. The molecule has 0 saturated heterocycles. The average molecular weight is 482 g/mol. The molecule has 3 aromatic carbocycles. The number of anilines is 2. The number of alkyl halides is 3. The van der Waals surface area contributed by atoms with Crippen LogP contribution in [-0.2, 0) is 16.6 Å². The van der Waals surface area contributed by atoms with Crippen molar-refractivity contribution in [2.75, 3.05) is 15.9 Å². The molecule has 0 aromatic heterocycles. The fourth-order valence-corrected chi connectivity index (χ4v) is 3.79. The highest BCUT2D eigenvalue weighted by atomic mass is 32.2. The van der Waals surface area contributed by atoms with E-state index in [1.165, 1.54) is 54.6 Å². The first kappa shape index (κ1) is 24.1. The first-order valence-electron chi connectivity index (χ1n) is 9.41.